The maximum absolute atomic E-state index is 4.78. The van der Waals surface area contributed by atoms with E-state index in [4.69, 9.17) is 4.98 Å². The normalized spacial score (nSPS) is 16.5. The minimum Gasteiger partial charge on any atom is -0.317 e. The first-order valence-corrected chi connectivity index (χ1v) is 8.58. The number of thiazole rings is 1. The van der Waals surface area contributed by atoms with Gasteiger partial charge in [-0.05, 0) is 38.9 Å². The molecule has 4 heteroatoms. The molecule has 1 aliphatic rings. The minimum absolute atomic E-state index is 0.837. The Kier molecular flexibility index (Phi) is 5.01. The summed E-state index contributed by atoms with van der Waals surface area (Å²) in [5, 5.41) is 6.75. The van der Waals surface area contributed by atoms with E-state index >= 15 is 0 Å². The number of aromatic nitrogens is 1. The summed E-state index contributed by atoms with van der Waals surface area (Å²) >= 11 is 1.74. The molecule has 0 unspecified atom stereocenters. The maximum atomic E-state index is 4.78. The SMILES string of the molecule is CN(Cc1csc(-c2ccccc2)n1)CC1CCNCC1. The number of piperidine rings is 1. The molecule has 3 nitrogen and oxygen atoms in total. The highest BCUT2D eigenvalue weighted by Gasteiger charge is 2.15. The van der Waals surface area contributed by atoms with Gasteiger partial charge in [-0.3, -0.25) is 0 Å². The lowest BCUT2D eigenvalue weighted by molar-refractivity contribution is 0.233. The second-order valence-corrected chi connectivity index (χ2v) is 6.76. The van der Waals surface area contributed by atoms with E-state index in [1.165, 1.54) is 43.7 Å². The van der Waals surface area contributed by atoms with Crippen molar-refractivity contribution in [1.82, 2.24) is 15.2 Å². The van der Waals surface area contributed by atoms with Crippen LogP contribution in [-0.4, -0.2) is 36.6 Å². The Labute approximate surface area is 131 Å². The molecule has 1 fully saturated rings. The van der Waals surface area contributed by atoms with Gasteiger partial charge >= 0.3 is 0 Å². The van der Waals surface area contributed by atoms with E-state index < -0.39 is 0 Å². The molecule has 0 radical (unpaired) electrons. The lowest BCUT2D eigenvalue weighted by atomic mass is 9.98. The van der Waals surface area contributed by atoms with Gasteiger partial charge in [0.05, 0.1) is 5.69 Å². The van der Waals surface area contributed by atoms with Crippen molar-refractivity contribution in [1.29, 1.82) is 0 Å². The molecule has 0 bridgehead atoms. The van der Waals surface area contributed by atoms with Crippen LogP contribution in [0.4, 0.5) is 0 Å². The molecule has 112 valence electrons. The molecule has 1 aromatic carbocycles. The van der Waals surface area contributed by atoms with Gasteiger partial charge in [-0.1, -0.05) is 30.3 Å². The average Bonchev–Trinajstić information content (AvgIpc) is 2.97. The van der Waals surface area contributed by atoms with Gasteiger partial charge in [0, 0.05) is 24.0 Å². The first-order valence-electron chi connectivity index (χ1n) is 7.70. The zero-order valence-corrected chi connectivity index (χ0v) is 13.4. The minimum atomic E-state index is 0.837. The predicted molar refractivity (Wildman–Crippen MR) is 89.5 cm³/mol. The summed E-state index contributed by atoms with van der Waals surface area (Å²) in [6, 6.07) is 10.4. The van der Waals surface area contributed by atoms with Gasteiger partial charge in [0.25, 0.3) is 0 Å². The topological polar surface area (TPSA) is 28.2 Å². The molecule has 1 saturated heterocycles. The van der Waals surface area contributed by atoms with Crippen LogP contribution < -0.4 is 5.32 Å². The van der Waals surface area contributed by atoms with E-state index in [9.17, 15) is 0 Å². The standard InChI is InChI=1S/C17H23N3S/c1-20(11-14-7-9-18-10-8-14)12-16-13-21-17(19-16)15-5-3-2-4-6-15/h2-6,13-14,18H,7-12H2,1H3. The summed E-state index contributed by atoms with van der Waals surface area (Å²) in [6.45, 7) is 4.48. The number of rotatable bonds is 5. The smallest absolute Gasteiger partial charge is 0.123 e. The lowest BCUT2D eigenvalue weighted by Gasteiger charge is -2.27. The second kappa shape index (κ2) is 7.16. The largest absolute Gasteiger partial charge is 0.317 e. The fourth-order valence-corrected chi connectivity index (χ4v) is 3.76. The first kappa shape index (κ1) is 14.7. The van der Waals surface area contributed by atoms with Gasteiger partial charge in [0.15, 0.2) is 0 Å². The van der Waals surface area contributed by atoms with Crippen molar-refractivity contribution in [2.75, 3.05) is 26.7 Å². The Balaban J connectivity index is 1.56. The van der Waals surface area contributed by atoms with E-state index in [-0.39, 0.29) is 0 Å². The van der Waals surface area contributed by atoms with Crippen LogP contribution >= 0.6 is 11.3 Å². The van der Waals surface area contributed by atoms with E-state index in [0.717, 1.165) is 17.5 Å². The molecule has 0 spiro atoms. The van der Waals surface area contributed by atoms with Gasteiger partial charge in [0.1, 0.15) is 5.01 Å². The molecule has 0 aliphatic carbocycles. The zero-order valence-electron chi connectivity index (χ0n) is 12.6. The van der Waals surface area contributed by atoms with Crippen LogP contribution in [0, 0.1) is 5.92 Å². The molecule has 3 rings (SSSR count). The Morgan fingerprint density at radius 1 is 1.24 bits per heavy atom. The molecule has 1 aliphatic heterocycles. The molecule has 1 N–H and O–H groups in total. The summed E-state index contributed by atoms with van der Waals surface area (Å²) in [5.74, 6) is 0.837. The van der Waals surface area contributed by atoms with Crippen molar-refractivity contribution in [3.05, 3.63) is 41.4 Å². The van der Waals surface area contributed by atoms with Crippen LogP contribution in [0.15, 0.2) is 35.7 Å². The highest BCUT2D eigenvalue weighted by atomic mass is 32.1. The third-order valence-corrected chi connectivity index (χ3v) is 4.97. The number of hydrogen-bond acceptors (Lipinski definition) is 4. The van der Waals surface area contributed by atoms with Crippen molar-refractivity contribution in [2.45, 2.75) is 19.4 Å². The average molecular weight is 301 g/mol. The third-order valence-electron chi connectivity index (χ3n) is 4.03. The van der Waals surface area contributed by atoms with Crippen LogP contribution in [0.25, 0.3) is 10.6 Å². The van der Waals surface area contributed by atoms with Crippen LogP contribution in [0.2, 0.25) is 0 Å². The fraction of sp³-hybridized carbons (Fsp3) is 0.471. The van der Waals surface area contributed by atoms with Gasteiger partial charge in [0.2, 0.25) is 0 Å². The molecule has 1 aromatic heterocycles. The van der Waals surface area contributed by atoms with Crippen LogP contribution in [-0.2, 0) is 6.54 Å². The Morgan fingerprint density at radius 3 is 2.76 bits per heavy atom. The molecular formula is C17H23N3S. The summed E-state index contributed by atoms with van der Waals surface area (Å²) in [6.07, 6.45) is 2.60. The number of hydrogen-bond donors (Lipinski definition) is 1. The monoisotopic (exact) mass is 301 g/mol. The summed E-state index contributed by atoms with van der Waals surface area (Å²) in [7, 11) is 2.21. The van der Waals surface area contributed by atoms with Crippen molar-refractivity contribution in [2.24, 2.45) is 5.92 Å². The van der Waals surface area contributed by atoms with Crippen molar-refractivity contribution in [3.63, 3.8) is 0 Å². The summed E-state index contributed by atoms with van der Waals surface area (Å²) in [5.41, 5.74) is 2.41. The molecule has 2 aromatic rings. The molecule has 21 heavy (non-hydrogen) atoms. The number of benzene rings is 1. The van der Waals surface area contributed by atoms with Crippen LogP contribution in [0.3, 0.4) is 0 Å². The quantitative estimate of drug-likeness (QED) is 0.919. The predicted octanol–water partition coefficient (Wildman–Crippen LogP) is 3.24. The third kappa shape index (κ3) is 4.13. The van der Waals surface area contributed by atoms with Gasteiger partial charge in [-0.25, -0.2) is 4.98 Å². The zero-order chi connectivity index (χ0) is 14.5. The van der Waals surface area contributed by atoms with Gasteiger partial charge in [-0.2, -0.15) is 0 Å². The molecular weight excluding hydrogens is 278 g/mol. The van der Waals surface area contributed by atoms with Gasteiger partial charge < -0.3 is 10.2 Å². The second-order valence-electron chi connectivity index (χ2n) is 5.90. The van der Waals surface area contributed by atoms with E-state index in [0.29, 0.717) is 0 Å². The Hall–Kier alpha value is -1.23. The first-order chi connectivity index (χ1) is 10.3. The molecule has 0 saturated carbocycles. The maximum Gasteiger partial charge on any atom is 0.123 e. The van der Waals surface area contributed by atoms with Crippen molar-refractivity contribution >= 4 is 11.3 Å². The van der Waals surface area contributed by atoms with Crippen molar-refractivity contribution in [3.8, 4) is 10.6 Å². The molecule has 0 amide bonds. The van der Waals surface area contributed by atoms with E-state index in [1.54, 1.807) is 11.3 Å². The highest BCUT2D eigenvalue weighted by Crippen LogP contribution is 2.24. The number of nitrogens with zero attached hydrogens (tertiary/aromatic N) is 2. The Morgan fingerprint density at radius 2 is 2.00 bits per heavy atom. The van der Waals surface area contributed by atoms with Crippen LogP contribution in [0.1, 0.15) is 18.5 Å². The fourth-order valence-electron chi connectivity index (χ4n) is 2.94. The van der Waals surface area contributed by atoms with Crippen molar-refractivity contribution < 1.29 is 0 Å². The molecule has 2 heterocycles. The summed E-state index contributed by atoms with van der Waals surface area (Å²) < 4.78 is 0. The Bertz CT molecular complexity index is 546. The molecule has 0 atom stereocenters. The summed E-state index contributed by atoms with van der Waals surface area (Å²) in [4.78, 5) is 7.19. The highest BCUT2D eigenvalue weighted by molar-refractivity contribution is 7.13. The van der Waals surface area contributed by atoms with E-state index in [2.05, 4.69) is 46.9 Å². The van der Waals surface area contributed by atoms with Crippen LogP contribution in [0.5, 0.6) is 0 Å². The van der Waals surface area contributed by atoms with Gasteiger partial charge in [-0.15, -0.1) is 11.3 Å². The number of nitrogens with one attached hydrogen (secondary N) is 1. The van der Waals surface area contributed by atoms with E-state index in [1.807, 2.05) is 6.07 Å². The lowest BCUT2D eigenvalue weighted by Crippen LogP contribution is -2.34.